The molecule has 4 rings (SSSR count). The summed E-state index contributed by atoms with van der Waals surface area (Å²) in [5.41, 5.74) is 2.59. The minimum Gasteiger partial charge on any atom is -0.480 e. The Labute approximate surface area is 179 Å². The first-order valence-electron chi connectivity index (χ1n) is 10.1. The lowest BCUT2D eigenvalue weighted by Crippen LogP contribution is -2.50. The van der Waals surface area contributed by atoms with Gasteiger partial charge in [0.05, 0.1) is 0 Å². The Balaban J connectivity index is 1.56. The van der Waals surface area contributed by atoms with Gasteiger partial charge in [-0.1, -0.05) is 24.3 Å². The summed E-state index contributed by atoms with van der Waals surface area (Å²) >= 11 is 0. The maximum atomic E-state index is 12.4. The number of nitrogens with zero attached hydrogens (tertiary/aromatic N) is 2. The zero-order chi connectivity index (χ0) is 22.0. The Morgan fingerprint density at radius 3 is 2.39 bits per heavy atom. The second-order valence-corrected chi connectivity index (χ2v) is 7.61. The summed E-state index contributed by atoms with van der Waals surface area (Å²) < 4.78 is 0. The molecular formula is C23H24N4O4. The molecule has 8 heteroatoms. The Hall–Kier alpha value is -3.65. The number of carbonyl (C=O) groups is 3. The molecular weight excluding hydrogens is 396 g/mol. The summed E-state index contributed by atoms with van der Waals surface area (Å²) in [6.45, 7) is 3.54. The number of hydrogen-bond acceptors (Lipinski definition) is 4. The van der Waals surface area contributed by atoms with E-state index < -0.39 is 12.0 Å². The van der Waals surface area contributed by atoms with Gasteiger partial charge < -0.3 is 20.3 Å². The molecule has 1 aromatic heterocycles. The predicted molar refractivity (Wildman–Crippen MR) is 117 cm³/mol. The number of aromatic nitrogens is 1. The van der Waals surface area contributed by atoms with Crippen molar-refractivity contribution in [1.29, 1.82) is 0 Å². The highest BCUT2D eigenvalue weighted by Crippen LogP contribution is 2.31. The van der Waals surface area contributed by atoms with Crippen LogP contribution in [0.3, 0.4) is 0 Å². The second kappa shape index (κ2) is 8.61. The van der Waals surface area contributed by atoms with Crippen LogP contribution < -0.4 is 5.32 Å². The van der Waals surface area contributed by atoms with Crippen LogP contribution in [-0.2, 0) is 9.59 Å². The molecule has 31 heavy (non-hydrogen) atoms. The number of nitrogens with one attached hydrogen (secondary N) is 2. The van der Waals surface area contributed by atoms with Crippen molar-refractivity contribution in [2.75, 3.05) is 31.5 Å². The number of piperazine rings is 1. The number of aliphatic carboxylic acids is 1. The Kier molecular flexibility index (Phi) is 5.73. The third-order valence-electron chi connectivity index (χ3n) is 5.66. The number of rotatable bonds is 5. The van der Waals surface area contributed by atoms with Crippen LogP contribution in [0.15, 0.2) is 54.7 Å². The van der Waals surface area contributed by atoms with Crippen LogP contribution in [0.1, 0.15) is 28.9 Å². The molecule has 2 amide bonds. The lowest BCUT2D eigenvalue weighted by atomic mass is 10.0. The highest BCUT2D eigenvalue weighted by Gasteiger charge is 2.32. The first-order valence-corrected chi connectivity index (χ1v) is 10.1. The molecule has 3 N–H and O–H groups in total. The van der Waals surface area contributed by atoms with E-state index in [2.05, 4.69) is 10.3 Å². The normalized spacial score (nSPS) is 15.6. The fourth-order valence-electron chi connectivity index (χ4n) is 4.03. The molecule has 2 aromatic carbocycles. The molecule has 0 spiro atoms. The number of carboxylic acid groups (broad SMARTS) is 1. The number of hydrogen-bond donors (Lipinski definition) is 3. The van der Waals surface area contributed by atoms with E-state index in [4.69, 9.17) is 0 Å². The summed E-state index contributed by atoms with van der Waals surface area (Å²) in [7, 11) is 0. The van der Waals surface area contributed by atoms with Gasteiger partial charge in [0.25, 0.3) is 5.91 Å². The topological polar surface area (TPSA) is 106 Å². The van der Waals surface area contributed by atoms with Crippen molar-refractivity contribution < 1.29 is 19.5 Å². The minimum atomic E-state index is -0.932. The average Bonchev–Trinajstić information content (AvgIpc) is 3.17. The average molecular weight is 420 g/mol. The van der Waals surface area contributed by atoms with E-state index in [0.29, 0.717) is 43.0 Å². The summed E-state index contributed by atoms with van der Waals surface area (Å²) in [6.07, 6.45) is 1.71. The smallest absolute Gasteiger partial charge is 0.325 e. The first-order chi connectivity index (χ1) is 14.9. The molecule has 1 atom stereocenters. The summed E-state index contributed by atoms with van der Waals surface area (Å²) in [6, 6.07) is 13.5. The molecule has 160 valence electrons. The van der Waals surface area contributed by atoms with Crippen molar-refractivity contribution in [2.45, 2.75) is 13.0 Å². The maximum Gasteiger partial charge on any atom is 0.325 e. The number of carbonyl (C=O) groups excluding carboxylic acids is 2. The van der Waals surface area contributed by atoms with E-state index >= 15 is 0 Å². The van der Waals surface area contributed by atoms with Crippen molar-refractivity contribution >= 4 is 34.4 Å². The summed E-state index contributed by atoms with van der Waals surface area (Å²) in [5.74, 6) is -1.14. The Morgan fingerprint density at radius 2 is 1.74 bits per heavy atom. The highest BCUT2D eigenvalue weighted by molar-refractivity contribution is 6.05. The zero-order valence-corrected chi connectivity index (χ0v) is 17.2. The zero-order valence-electron chi connectivity index (χ0n) is 17.2. The molecule has 8 nitrogen and oxygen atoms in total. The van der Waals surface area contributed by atoms with Gasteiger partial charge in [-0.3, -0.25) is 19.3 Å². The van der Waals surface area contributed by atoms with Crippen molar-refractivity contribution in [2.24, 2.45) is 0 Å². The standard InChI is InChI=1S/C23H24N4O4/c1-15(28)26-9-11-27(12-10-26)21(23(30)31)19-14-24-20-13-17(7-8-18(19)20)25-22(29)16-5-3-2-4-6-16/h2-8,13-14,21,24H,9-12H2,1H3,(H,25,29)(H,30,31). The van der Waals surface area contributed by atoms with Crippen LogP contribution in [-0.4, -0.2) is 63.9 Å². The van der Waals surface area contributed by atoms with Gasteiger partial charge in [-0.25, -0.2) is 0 Å². The molecule has 1 aliphatic heterocycles. The van der Waals surface area contributed by atoms with Crippen LogP contribution in [0.25, 0.3) is 10.9 Å². The maximum absolute atomic E-state index is 12.4. The highest BCUT2D eigenvalue weighted by atomic mass is 16.4. The van der Waals surface area contributed by atoms with E-state index in [0.717, 1.165) is 10.9 Å². The minimum absolute atomic E-state index is 0.00342. The molecule has 1 saturated heterocycles. The van der Waals surface area contributed by atoms with Crippen LogP contribution in [0.4, 0.5) is 5.69 Å². The monoisotopic (exact) mass is 420 g/mol. The van der Waals surface area contributed by atoms with Gasteiger partial charge in [0, 0.05) is 67.0 Å². The third-order valence-corrected chi connectivity index (χ3v) is 5.66. The van der Waals surface area contributed by atoms with Crippen LogP contribution in [0.5, 0.6) is 0 Å². The van der Waals surface area contributed by atoms with Crippen molar-refractivity contribution in [3.05, 3.63) is 65.9 Å². The van der Waals surface area contributed by atoms with Gasteiger partial charge in [0.1, 0.15) is 6.04 Å². The number of benzene rings is 2. The second-order valence-electron chi connectivity index (χ2n) is 7.61. The number of amides is 2. The van der Waals surface area contributed by atoms with Crippen molar-refractivity contribution in [3.63, 3.8) is 0 Å². The van der Waals surface area contributed by atoms with Gasteiger partial charge >= 0.3 is 5.97 Å². The van der Waals surface area contributed by atoms with E-state index in [1.165, 1.54) is 6.92 Å². The lowest BCUT2D eigenvalue weighted by Gasteiger charge is -2.37. The first kappa shape index (κ1) is 20.6. The molecule has 2 heterocycles. The lowest BCUT2D eigenvalue weighted by molar-refractivity contribution is -0.144. The molecule has 1 fully saturated rings. The molecule has 1 unspecified atom stereocenters. The van der Waals surface area contributed by atoms with Gasteiger partial charge in [0.15, 0.2) is 0 Å². The Morgan fingerprint density at radius 1 is 1.03 bits per heavy atom. The molecule has 1 aliphatic rings. The number of fused-ring (bicyclic) bond motifs is 1. The number of aromatic amines is 1. The number of carboxylic acids is 1. The quantitative estimate of drug-likeness (QED) is 0.589. The predicted octanol–water partition coefficient (Wildman–Crippen LogP) is 2.71. The SMILES string of the molecule is CC(=O)N1CCN(C(C(=O)O)c2c[nH]c3cc(NC(=O)c4ccccc4)ccc23)CC1. The summed E-state index contributed by atoms with van der Waals surface area (Å²) in [5, 5.41) is 13.6. The van der Waals surface area contributed by atoms with E-state index in [-0.39, 0.29) is 11.8 Å². The molecule has 0 aliphatic carbocycles. The van der Waals surface area contributed by atoms with Gasteiger partial charge in [-0.15, -0.1) is 0 Å². The fourth-order valence-corrected chi connectivity index (χ4v) is 4.03. The molecule has 0 radical (unpaired) electrons. The van der Waals surface area contributed by atoms with Crippen molar-refractivity contribution in [1.82, 2.24) is 14.8 Å². The van der Waals surface area contributed by atoms with Gasteiger partial charge in [-0.05, 0) is 24.3 Å². The molecule has 0 saturated carbocycles. The Bertz CT molecular complexity index is 1120. The van der Waals surface area contributed by atoms with Crippen molar-refractivity contribution in [3.8, 4) is 0 Å². The van der Waals surface area contributed by atoms with E-state index in [1.807, 2.05) is 17.0 Å². The molecule has 3 aromatic rings. The largest absolute Gasteiger partial charge is 0.480 e. The third kappa shape index (κ3) is 4.29. The number of anilines is 1. The van der Waals surface area contributed by atoms with E-state index in [1.54, 1.807) is 47.5 Å². The van der Waals surface area contributed by atoms with Gasteiger partial charge in [0.2, 0.25) is 5.91 Å². The molecule has 0 bridgehead atoms. The summed E-state index contributed by atoms with van der Waals surface area (Å²) in [4.78, 5) is 42.9. The fraction of sp³-hybridized carbons (Fsp3) is 0.261. The van der Waals surface area contributed by atoms with Crippen LogP contribution in [0, 0.1) is 0 Å². The van der Waals surface area contributed by atoms with Gasteiger partial charge in [-0.2, -0.15) is 0 Å². The van der Waals surface area contributed by atoms with E-state index in [9.17, 15) is 19.5 Å². The van der Waals surface area contributed by atoms with Crippen LogP contribution >= 0.6 is 0 Å². The number of H-pyrrole nitrogens is 1. The van der Waals surface area contributed by atoms with Crippen LogP contribution in [0.2, 0.25) is 0 Å².